The minimum Gasteiger partial charge on any atom is -0.356 e. The molecular formula is C22H30BrIN4O. The lowest BCUT2D eigenvalue weighted by Crippen LogP contribution is -2.39. The Morgan fingerprint density at radius 1 is 1.10 bits per heavy atom. The van der Waals surface area contributed by atoms with Crippen molar-refractivity contribution >= 4 is 51.8 Å². The third kappa shape index (κ3) is 8.74. The number of nitrogens with zero attached hydrogens (tertiary/aromatic N) is 1. The van der Waals surface area contributed by atoms with Crippen LogP contribution in [0.2, 0.25) is 0 Å². The number of rotatable bonds is 8. The summed E-state index contributed by atoms with van der Waals surface area (Å²) in [5, 5.41) is 9.39. The van der Waals surface area contributed by atoms with Gasteiger partial charge in [-0.2, -0.15) is 0 Å². The number of carbonyl (C=O) groups is 1. The smallest absolute Gasteiger partial charge is 0.251 e. The Labute approximate surface area is 199 Å². The van der Waals surface area contributed by atoms with Crippen LogP contribution in [0.5, 0.6) is 0 Å². The van der Waals surface area contributed by atoms with Gasteiger partial charge in [0.15, 0.2) is 5.96 Å². The summed E-state index contributed by atoms with van der Waals surface area (Å²) < 4.78 is 1.12. The highest BCUT2D eigenvalue weighted by Crippen LogP contribution is 2.16. The topological polar surface area (TPSA) is 65.5 Å². The minimum absolute atomic E-state index is 0. The van der Waals surface area contributed by atoms with Gasteiger partial charge in [0.1, 0.15) is 0 Å². The molecule has 0 saturated carbocycles. The van der Waals surface area contributed by atoms with Crippen molar-refractivity contribution < 1.29 is 4.79 Å². The molecule has 3 N–H and O–H groups in total. The molecule has 0 aliphatic heterocycles. The molecule has 0 aliphatic rings. The van der Waals surface area contributed by atoms with Gasteiger partial charge in [-0.1, -0.05) is 53.5 Å². The van der Waals surface area contributed by atoms with Crippen LogP contribution < -0.4 is 16.0 Å². The highest BCUT2D eigenvalue weighted by Gasteiger charge is 2.09. The molecule has 5 nitrogen and oxygen atoms in total. The van der Waals surface area contributed by atoms with Crippen LogP contribution in [-0.2, 0) is 13.0 Å². The van der Waals surface area contributed by atoms with Crippen molar-refractivity contribution in [1.29, 1.82) is 0 Å². The summed E-state index contributed by atoms with van der Waals surface area (Å²) in [7, 11) is 3.41. The fourth-order valence-corrected chi connectivity index (χ4v) is 3.37. The summed E-state index contributed by atoms with van der Waals surface area (Å²) in [4.78, 5) is 15.9. The van der Waals surface area contributed by atoms with Gasteiger partial charge in [-0.05, 0) is 47.7 Å². The standard InChI is InChI=1S/C22H29BrN4O.HI/c1-4-16(12-18-6-5-7-20(23)13-18)14-26-22(25-3)27-15-17-8-10-19(11-9-17)21(28)24-2;/h5-11,13,16H,4,12,14-15H2,1-3H3,(H,24,28)(H2,25,26,27);1H. The van der Waals surface area contributed by atoms with Crippen LogP contribution in [0.3, 0.4) is 0 Å². The molecule has 0 aromatic heterocycles. The number of hydrogen-bond acceptors (Lipinski definition) is 2. The lowest BCUT2D eigenvalue weighted by molar-refractivity contribution is 0.0963. The molecule has 2 aromatic rings. The van der Waals surface area contributed by atoms with Crippen LogP contribution in [0.4, 0.5) is 0 Å². The number of hydrogen-bond donors (Lipinski definition) is 3. The van der Waals surface area contributed by atoms with Gasteiger partial charge in [-0.3, -0.25) is 9.79 Å². The summed E-state index contributed by atoms with van der Waals surface area (Å²) in [6.07, 6.45) is 2.12. The molecule has 1 amide bonds. The average Bonchev–Trinajstić information content (AvgIpc) is 2.72. The number of nitrogens with one attached hydrogen (secondary N) is 3. The largest absolute Gasteiger partial charge is 0.356 e. The molecule has 0 saturated heterocycles. The third-order valence-corrected chi connectivity index (χ3v) is 5.17. The van der Waals surface area contributed by atoms with E-state index >= 15 is 0 Å². The zero-order valence-electron chi connectivity index (χ0n) is 17.2. The van der Waals surface area contributed by atoms with E-state index in [1.165, 1.54) is 5.56 Å². The second-order valence-electron chi connectivity index (χ2n) is 6.69. The van der Waals surface area contributed by atoms with Crippen molar-refractivity contribution in [3.8, 4) is 0 Å². The lowest BCUT2D eigenvalue weighted by Gasteiger charge is -2.18. The summed E-state index contributed by atoms with van der Waals surface area (Å²) in [6.45, 7) is 3.73. The number of guanidine groups is 1. The Morgan fingerprint density at radius 2 is 1.83 bits per heavy atom. The Bertz CT molecular complexity index is 796. The van der Waals surface area contributed by atoms with Crippen LogP contribution >= 0.6 is 39.9 Å². The van der Waals surface area contributed by atoms with Gasteiger partial charge in [-0.15, -0.1) is 24.0 Å². The fraction of sp³-hybridized carbons (Fsp3) is 0.364. The molecule has 2 aromatic carbocycles. The summed E-state index contributed by atoms with van der Waals surface area (Å²) in [5.74, 6) is 1.23. The van der Waals surface area contributed by atoms with Crippen molar-refractivity contribution in [2.45, 2.75) is 26.3 Å². The van der Waals surface area contributed by atoms with E-state index < -0.39 is 0 Å². The second-order valence-corrected chi connectivity index (χ2v) is 7.61. The number of aliphatic imine (C=N–C) groups is 1. The Morgan fingerprint density at radius 3 is 2.41 bits per heavy atom. The molecule has 158 valence electrons. The first kappa shape index (κ1) is 25.4. The molecule has 0 spiro atoms. The van der Waals surface area contributed by atoms with Crippen LogP contribution in [0, 0.1) is 5.92 Å². The first-order chi connectivity index (χ1) is 13.5. The molecule has 2 rings (SSSR count). The van der Waals surface area contributed by atoms with E-state index in [9.17, 15) is 4.79 Å². The summed E-state index contributed by atoms with van der Waals surface area (Å²) in [5.41, 5.74) is 3.09. The maximum Gasteiger partial charge on any atom is 0.251 e. The van der Waals surface area contributed by atoms with E-state index in [-0.39, 0.29) is 29.9 Å². The van der Waals surface area contributed by atoms with Gasteiger partial charge >= 0.3 is 0 Å². The van der Waals surface area contributed by atoms with E-state index in [1.807, 2.05) is 24.3 Å². The average molecular weight is 573 g/mol. The molecule has 0 heterocycles. The van der Waals surface area contributed by atoms with Crippen LogP contribution in [0.25, 0.3) is 0 Å². The summed E-state index contributed by atoms with van der Waals surface area (Å²) in [6, 6.07) is 16.0. The van der Waals surface area contributed by atoms with Crippen LogP contribution in [-0.4, -0.2) is 32.5 Å². The van der Waals surface area contributed by atoms with E-state index in [0.717, 1.165) is 35.4 Å². The van der Waals surface area contributed by atoms with Crippen LogP contribution in [0.15, 0.2) is 58.0 Å². The van der Waals surface area contributed by atoms with Crippen molar-refractivity contribution in [3.63, 3.8) is 0 Å². The van der Waals surface area contributed by atoms with Gasteiger partial charge in [-0.25, -0.2) is 0 Å². The van der Waals surface area contributed by atoms with Gasteiger partial charge < -0.3 is 16.0 Å². The molecule has 0 bridgehead atoms. The van der Waals surface area contributed by atoms with Crippen LogP contribution in [0.1, 0.15) is 34.8 Å². The molecular weight excluding hydrogens is 543 g/mol. The first-order valence-corrected chi connectivity index (χ1v) is 10.3. The third-order valence-electron chi connectivity index (χ3n) is 4.68. The Kier molecular flexibility index (Phi) is 11.9. The molecule has 0 aliphatic carbocycles. The molecule has 29 heavy (non-hydrogen) atoms. The maximum absolute atomic E-state index is 11.6. The van der Waals surface area contributed by atoms with Gasteiger partial charge in [0, 0.05) is 37.2 Å². The van der Waals surface area contributed by atoms with Crippen molar-refractivity contribution in [1.82, 2.24) is 16.0 Å². The highest BCUT2D eigenvalue weighted by molar-refractivity contribution is 14.0. The molecule has 0 fully saturated rings. The normalized spacial score (nSPS) is 11.9. The predicted molar refractivity (Wildman–Crippen MR) is 135 cm³/mol. The monoisotopic (exact) mass is 572 g/mol. The second kappa shape index (κ2) is 13.6. The number of carbonyl (C=O) groups excluding carboxylic acids is 1. The SMILES string of the molecule is CCC(CNC(=NC)NCc1ccc(C(=O)NC)cc1)Cc1cccc(Br)c1.I. The van der Waals surface area contributed by atoms with Gasteiger partial charge in [0.2, 0.25) is 0 Å². The van der Waals surface area contributed by atoms with Crippen molar-refractivity contribution in [2.75, 3.05) is 20.6 Å². The van der Waals surface area contributed by atoms with E-state index in [2.05, 4.69) is 68.1 Å². The number of amides is 1. The van der Waals surface area contributed by atoms with Crippen molar-refractivity contribution in [2.24, 2.45) is 10.9 Å². The fourth-order valence-electron chi connectivity index (χ4n) is 2.92. The summed E-state index contributed by atoms with van der Waals surface area (Å²) >= 11 is 3.54. The van der Waals surface area contributed by atoms with E-state index in [0.29, 0.717) is 18.0 Å². The Balaban J connectivity index is 0.00000420. The minimum atomic E-state index is -0.0759. The molecule has 1 unspecified atom stereocenters. The zero-order chi connectivity index (χ0) is 20.4. The maximum atomic E-state index is 11.6. The molecule has 1 atom stereocenters. The predicted octanol–water partition coefficient (Wildman–Crippen LogP) is 4.36. The van der Waals surface area contributed by atoms with Gasteiger partial charge in [0.25, 0.3) is 5.91 Å². The lowest BCUT2D eigenvalue weighted by atomic mass is 9.97. The number of halogens is 2. The quantitative estimate of drug-likeness (QED) is 0.250. The Hall–Kier alpha value is -1.61. The molecule has 7 heteroatoms. The van der Waals surface area contributed by atoms with E-state index in [1.54, 1.807) is 14.1 Å². The van der Waals surface area contributed by atoms with Gasteiger partial charge in [0.05, 0.1) is 0 Å². The highest BCUT2D eigenvalue weighted by atomic mass is 127. The van der Waals surface area contributed by atoms with Crippen molar-refractivity contribution in [3.05, 3.63) is 69.7 Å². The molecule has 0 radical (unpaired) electrons. The van der Waals surface area contributed by atoms with E-state index in [4.69, 9.17) is 0 Å². The first-order valence-electron chi connectivity index (χ1n) is 9.55. The zero-order valence-corrected chi connectivity index (χ0v) is 21.1. The number of benzene rings is 2.